The van der Waals surface area contributed by atoms with Crippen molar-refractivity contribution in [3.63, 3.8) is 0 Å². The van der Waals surface area contributed by atoms with Crippen molar-refractivity contribution in [2.75, 3.05) is 13.1 Å². The van der Waals surface area contributed by atoms with Crippen LogP contribution in [0.15, 0.2) is 0 Å². The van der Waals surface area contributed by atoms with E-state index in [9.17, 15) is 9.59 Å². The summed E-state index contributed by atoms with van der Waals surface area (Å²) in [5.41, 5.74) is -0.740. The van der Waals surface area contributed by atoms with Gasteiger partial charge in [-0.3, -0.25) is 14.5 Å². The van der Waals surface area contributed by atoms with Crippen LogP contribution in [0.3, 0.4) is 0 Å². The number of carboxylic acids is 1. The van der Waals surface area contributed by atoms with E-state index in [0.717, 1.165) is 0 Å². The maximum Gasteiger partial charge on any atom is 0.320 e. The largest absolute Gasteiger partial charge is 0.480 e. The Kier molecular flexibility index (Phi) is 2.80. The third-order valence-corrected chi connectivity index (χ3v) is 2.74. The van der Waals surface area contributed by atoms with Gasteiger partial charge in [-0.15, -0.1) is 0 Å². The van der Waals surface area contributed by atoms with Crippen LogP contribution in [0.4, 0.5) is 0 Å². The van der Waals surface area contributed by atoms with E-state index in [1.165, 1.54) is 0 Å². The molecule has 0 radical (unpaired) electrons. The van der Waals surface area contributed by atoms with E-state index in [1.54, 1.807) is 25.7 Å². The van der Waals surface area contributed by atoms with Crippen LogP contribution in [-0.2, 0) is 9.59 Å². The number of carbonyl (C=O) groups is 2. The van der Waals surface area contributed by atoms with Gasteiger partial charge in [0.05, 0.1) is 5.54 Å². The molecule has 0 spiro atoms. The van der Waals surface area contributed by atoms with Gasteiger partial charge in [-0.25, -0.2) is 0 Å². The van der Waals surface area contributed by atoms with Crippen LogP contribution in [0, 0.1) is 0 Å². The average Bonchev–Trinajstić information content (AvgIpc) is 2.08. The van der Waals surface area contributed by atoms with Crippen LogP contribution in [0.25, 0.3) is 0 Å². The fourth-order valence-corrected chi connectivity index (χ4v) is 1.73. The first kappa shape index (κ1) is 11.0. The smallest absolute Gasteiger partial charge is 0.320 e. The summed E-state index contributed by atoms with van der Waals surface area (Å²) in [7, 11) is 0. The van der Waals surface area contributed by atoms with E-state index in [4.69, 9.17) is 5.11 Å². The predicted molar refractivity (Wildman–Crippen MR) is 50.9 cm³/mol. The fraction of sp³-hybridized carbons (Fsp3) is 0.778. The van der Waals surface area contributed by atoms with E-state index in [0.29, 0.717) is 13.1 Å². The Morgan fingerprint density at radius 3 is 2.71 bits per heavy atom. The number of carbonyl (C=O) groups excluding carboxylic acids is 1. The molecule has 1 fully saturated rings. The van der Waals surface area contributed by atoms with Crippen molar-refractivity contribution >= 4 is 11.9 Å². The van der Waals surface area contributed by atoms with Crippen LogP contribution >= 0.6 is 0 Å². The topological polar surface area (TPSA) is 69.6 Å². The molecule has 0 aromatic heterocycles. The lowest BCUT2D eigenvalue weighted by molar-refractivity contribution is -0.150. The molecule has 1 heterocycles. The predicted octanol–water partition coefficient (Wildman–Crippen LogP) is -0.330. The summed E-state index contributed by atoms with van der Waals surface area (Å²) < 4.78 is 0. The van der Waals surface area contributed by atoms with Crippen molar-refractivity contribution in [3.05, 3.63) is 0 Å². The van der Waals surface area contributed by atoms with Crippen molar-refractivity contribution in [1.82, 2.24) is 10.2 Å². The number of aliphatic carboxylic acids is 1. The van der Waals surface area contributed by atoms with E-state index in [1.807, 2.05) is 0 Å². The zero-order valence-electron chi connectivity index (χ0n) is 8.70. The first-order chi connectivity index (χ1) is 6.37. The molecule has 2 N–H and O–H groups in total. The molecule has 1 aliphatic heterocycles. The number of nitrogens with zero attached hydrogens (tertiary/aromatic N) is 1. The average molecular weight is 200 g/mol. The maximum absolute atomic E-state index is 11.5. The molecule has 5 nitrogen and oxygen atoms in total. The number of rotatable bonds is 2. The van der Waals surface area contributed by atoms with Crippen LogP contribution in [0.1, 0.15) is 20.8 Å². The van der Waals surface area contributed by atoms with E-state index < -0.39 is 17.6 Å². The molecule has 0 bridgehead atoms. The number of carboxylic acid groups (broad SMARTS) is 1. The molecule has 80 valence electrons. The van der Waals surface area contributed by atoms with Gasteiger partial charge in [0.1, 0.15) is 6.04 Å². The molecule has 1 unspecified atom stereocenters. The van der Waals surface area contributed by atoms with Gasteiger partial charge in [-0.1, -0.05) is 0 Å². The van der Waals surface area contributed by atoms with Gasteiger partial charge < -0.3 is 10.4 Å². The Hall–Kier alpha value is -1.10. The van der Waals surface area contributed by atoms with E-state index in [-0.39, 0.29) is 5.91 Å². The van der Waals surface area contributed by atoms with Gasteiger partial charge in [0.15, 0.2) is 0 Å². The molecule has 5 heteroatoms. The van der Waals surface area contributed by atoms with Crippen LogP contribution in [0.2, 0.25) is 0 Å². The minimum Gasteiger partial charge on any atom is -0.480 e. The lowest BCUT2D eigenvalue weighted by Crippen LogP contribution is -2.65. The molecule has 1 saturated heterocycles. The maximum atomic E-state index is 11.5. The first-order valence-electron chi connectivity index (χ1n) is 4.65. The third-order valence-electron chi connectivity index (χ3n) is 2.74. The van der Waals surface area contributed by atoms with Crippen molar-refractivity contribution in [2.24, 2.45) is 0 Å². The molecule has 1 rings (SSSR count). The summed E-state index contributed by atoms with van der Waals surface area (Å²) in [5, 5.41) is 11.6. The lowest BCUT2D eigenvalue weighted by atomic mass is 9.97. The van der Waals surface area contributed by atoms with Gasteiger partial charge in [-0.2, -0.15) is 0 Å². The zero-order chi connectivity index (χ0) is 10.9. The number of hydrogen-bond donors (Lipinski definition) is 2. The lowest BCUT2D eigenvalue weighted by Gasteiger charge is -2.43. The molecular formula is C9H16N2O3. The van der Waals surface area contributed by atoms with Gasteiger partial charge >= 0.3 is 5.97 Å². The van der Waals surface area contributed by atoms with Crippen LogP contribution in [0.5, 0.6) is 0 Å². The number of hydrogen-bond acceptors (Lipinski definition) is 3. The second-order valence-corrected chi connectivity index (χ2v) is 4.02. The number of amides is 1. The van der Waals surface area contributed by atoms with Crippen molar-refractivity contribution in [1.29, 1.82) is 0 Å². The first-order valence-corrected chi connectivity index (χ1v) is 4.65. The Morgan fingerprint density at radius 2 is 2.21 bits per heavy atom. The molecule has 1 atom stereocenters. The van der Waals surface area contributed by atoms with Crippen molar-refractivity contribution in [3.8, 4) is 0 Å². The summed E-state index contributed by atoms with van der Waals surface area (Å²) in [6.45, 7) is 6.16. The van der Waals surface area contributed by atoms with Gasteiger partial charge in [-0.05, 0) is 20.8 Å². The normalized spacial score (nSPS) is 24.1. The fourth-order valence-electron chi connectivity index (χ4n) is 1.73. The second-order valence-electron chi connectivity index (χ2n) is 4.02. The Labute approximate surface area is 83.1 Å². The minimum atomic E-state index is -0.896. The zero-order valence-corrected chi connectivity index (χ0v) is 8.70. The Balaban J connectivity index is 2.86. The standard InChI is InChI=1S/C9H16N2O3/c1-6(7(12)13)11-5-4-10-8(14)9(11,2)3/h6H,4-5H2,1-3H3,(H,10,14)(H,12,13). The molecule has 1 amide bonds. The molecule has 0 saturated carbocycles. The summed E-state index contributed by atoms with van der Waals surface area (Å²) in [6.07, 6.45) is 0. The van der Waals surface area contributed by atoms with Gasteiger partial charge in [0, 0.05) is 13.1 Å². The third kappa shape index (κ3) is 1.72. The van der Waals surface area contributed by atoms with Crippen molar-refractivity contribution < 1.29 is 14.7 Å². The summed E-state index contributed by atoms with van der Waals surface area (Å²) in [5.74, 6) is -1.01. The second kappa shape index (κ2) is 3.57. The van der Waals surface area contributed by atoms with Gasteiger partial charge in [0.2, 0.25) is 5.91 Å². The summed E-state index contributed by atoms with van der Waals surface area (Å²) in [6, 6.07) is -0.629. The molecule has 14 heavy (non-hydrogen) atoms. The van der Waals surface area contributed by atoms with E-state index >= 15 is 0 Å². The molecule has 1 aliphatic rings. The van der Waals surface area contributed by atoms with E-state index in [2.05, 4.69) is 5.32 Å². The quantitative estimate of drug-likeness (QED) is 0.640. The van der Waals surface area contributed by atoms with Crippen LogP contribution < -0.4 is 5.32 Å². The number of nitrogens with one attached hydrogen (secondary N) is 1. The Bertz CT molecular complexity index is 263. The molecule has 0 aromatic rings. The van der Waals surface area contributed by atoms with Crippen LogP contribution in [-0.4, -0.2) is 46.6 Å². The Morgan fingerprint density at radius 1 is 1.64 bits per heavy atom. The van der Waals surface area contributed by atoms with Gasteiger partial charge in [0.25, 0.3) is 0 Å². The summed E-state index contributed by atoms with van der Waals surface area (Å²) in [4.78, 5) is 24.0. The van der Waals surface area contributed by atoms with Crippen molar-refractivity contribution in [2.45, 2.75) is 32.4 Å². The summed E-state index contributed by atoms with van der Waals surface area (Å²) >= 11 is 0. The highest BCUT2D eigenvalue weighted by Gasteiger charge is 2.41. The monoisotopic (exact) mass is 200 g/mol. The highest BCUT2D eigenvalue weighted by molar-refractivity contribution is 5.87. The molecule has 0 aromatic carbocycles. The highest BCUT2D eigenvalue weighted by atomic mass is 16.4. The molecular weight excluding hydrogens is 184 g/mol. The number of piperazine rings is 1. The SMILES string of the molecule is CC(C(=O)O)N1CCNC(=O)C1(C)C. The highest BCUT2D eigenvalue weighted by Crippen LogP contribution is 2.20. The minimum absolute atomic E-state index is 0.114. The molecule has 0 aliphatic carbocycles.